The second-order valence-corrected chi connectivity index (χ2v) is 9.23. The molecule has 0 unspecified atom stereocenters. The minimum atomic E-state index is -0.635. The zero-order chi connectivity index (χ0) is 21.8. The fraction of sp³-hybridized carbons (Fsp3) is 0.462. The van der Waals surface area contributed by atoms with Crippen molar-refractivity contribution in [1.82, 2.24) is 4.90 Å². The molecule has 0 aromatic heterocycles. The standard InChI is InChI=1S/C26H31FN2O2/c27-23-8-4-3-7-22(23)21-11-9-20(10-12-21)18-26(25(28)31)13-15-29(16-14-26)24(30)17-19-5-1-2-6-19/h3-4,7-12,19H,1-2,5-6,13-18H2,(H2,28,31). The molecule has 2 N–H and O–H groups in total. The van der Waals surface area contributed by atoms with Crippen LogP contribution in [0.1, 0.15) is 50.5 Å². The Morgan fingerprint density at radius 3 is 2.26 bits per heavy atom. The van der Waals surface area contributed by atoms with Crippen molar-refractivity contribution < 1.29 is 14.0 Å². The molecule has 164 valence electrons. The van der Waals surface area contributed by atoms with E-state index in [9.17, 15) is 14.0 Å². The topological polar surface area (TPSA) is 63.4 Å². The van der Waals surface area contributed by atoms with Gasteiger partial charge in [0.15, 0.2) is 0 Å². The first-order valence-electron chi connectivity index (χ1n) is 11.4. The fourth-order valence-electron chi connectivity index (χ4n) is 5.17. The molecule has 2 aromatic rings. The van der Waals surface area contributed by atoms with Crippen molar-refractivity contribution in [2.75, 3.05) is 13.1 Å². The van der Waals surface area contributed by atoms with Crippen molar-refractivity contribution in [1.29, 1.82) is 0 Å². The summed E-state index contributed by atoms with van der Waals surface area (Å²) in [6.07, 6.45) is 7.16. The van der Waals surface area contributed by atoms with E-state index in [1.807, 2.05) is 35.2 Å². The smallest absolute Gasteiger partial charge is 0.224 e. The molecule has 4 rings (SSSR count). The first kappa shape index (κ1) is 21.5. The summed E-state index contributed by atoms with van der Waals surface area (Å²) in [5, 5.41) is 0. The Morgan fingerprint density at radius 1 is 1.00 bits per heavy atom. The fourth-order valence-corrected chi connectivity index (χ4v) is 5.17. The third-order valence-corrected chi connectivity index (χ3v) is 7.22. The predicted molar refractivity (Wildman–Crippen MR) is 120 cm³/mol. The lowest BCUT2D eigenvalue weighted by molar-refractivity contribution is -0.139. The molecule has 4 nitrogen and oxygen atoms in total. The molecular weight excluding hydrogens is 391 g/mol. The first-order chi connectivity index (χ1) is 15.0. The number of nitrogens with zero attached hydrogens (tertiary/aromatic N) is 1. The number of piperidine rings is 1. The van der Waals surface area contributed by atoms with Crippen LogP contribution >= 0.6 is 0 Å². The number of benzene rings is 2. The van der Waals surface area contributed by atoms with Crippen LogP contribution in [0.3, 0.4) is 0 Å². The molecule has 5 heteroatoms. The number of hydrogen-bond acceptors (Lipinski definition) is 2. The van der Waals surface area contributed by atoms with Gasteiger partial charge in [-0.2, -0.15) is 0 Å². The van der Waals surface area contributed by atoms with Crippen LogP contribution in [0.5, 0.6) is 0 Å². The third-order valence-electron chi connectivity index (χ3n) is 7.22. The van der Waals surface area contributed by atoms with E-state index in [0.717, 1.165) is 24.0 Å². The van der Waals surface area contributed by atoms with Gasteiger partial charge in [0.1, 0.15) is 5.82 Å². The van der Waals surface area contributed by atoms with Gasteiger partial charge in [-0.25, -0.2) is 4.39 Å². The Bertz CT molecular complexity index is 927. The number of halogens is 1. The van der Waals surface area contributed by atoms with Crippen LogP contribution in [0, 0.1) is 17.2 Å². The maximum absolute atomic E-state index is 14.1. The number of amides is 2. The van der Waals surface area contributed by atoms with Gasteiger partial charge in [-0.15, -0.1) is 0 Å². The predicted octanol–water partition coefficient (Wildman–Crippen LogP) is 4.71. The van der Waals surface area contributed by atoms with Crippen LogP contribution < -0.4 is 5.73 Å². The first-order valence-corrected chi connectivity index (χ1v) is 11.4. The molecular formula is C26H31FN2O2. The largest absolute Gasteiger partial charge is 0.369 e. The van der Waals surface area contributed by atoms with Crippen molar-refractivity contribution in [2.45, 2.75) is 51.4 Å². The highest BCUT2D eigenvalue weighted by atomic mass is 19.1. The van der Waals surface area contributed by atoms with Gasteiger partial charge in [0.05, 0.1) is 5.41 Å². The SMILES string of the molecule is NC(=O)C1(Cc2ccc(-c3ccccc3F)cc2)CCN(C(=O)CC2CCCC2)CC1. The quantitative estimate of drug-likeness (QED) is 0.733. The van der Waals surface area contributed by atoms with Crippen LogP contribution in [0.2, 0.25) is 0 Å². The van der Waals surface area contributed by atoms with Gasteiger partial charge < -0.3 is 10.6 Å². The van der Waals surface area contributed by atoms with Crippen molar-refractivity contribution in [2.24, 2.45) is 17.1 Å². The molecule has 31 heavy (non-hydrogen) atoms. The Kier molecular flexibility index (Phi) is 6.40. The highest BCUT2D eigenvalue weighted by Gasteiger charge is 2.41. The molecule has 1 saturated heterocycles. The normalized spacial score (nSPS) is 18.8. The van der Waals surface area contributed by atoms with E-state index in [1.54, 1.807) is 12.1 Å². The molecule has 1 saturated carbocycles. The average Bonchev–Trinajstić information content (AvgIpc) is 3.28. The number of hydrogen-bond donors (Lipinski definition) is 1. The lowest BCUT2D eigenvalue weighted by atomic mass is 9.73. The molecule has 2 amide bonds. The Labute approximate surface area is 183 Å². The number of rotatable bonds is 6. The summed E-state index contributed by atoms with van der Waals surface area (Å²) in [5.41, 5.74) is 7.59. The lowest BCUT2D eigenvalue weighted by Gasteiger charge is -2.40. The van der Waals surface area contributed by atoms with Gasteiger partial charge >= 0.3 is 0 Å². The summed E-state index contributed by atoms with van der Waals surface area (Å²) in [6, 6.07) is 14.4. The molecule has 0 bridgehead atoms. The van der Waals surface area contributed by atoms with Crippen molar-refractivity contribution in [3.05, 3.63) is 59.9 Å². The van der Waals surface area contributed by atoms with E-state index in [1.165, 1.54) is 18.9 Å². The zero-order valence-corrected chi connectivity index (χ0v) is 18.0. The molecule has 1 aliphatic heterocycles. The van der Waals surface area contributed by atoms with Crippen LogP contribution in [-0.2, 0) is 16.0 Å². The van der Waals surface area contributed by atoms with E-state index in [4.69, 9.17) is 5.73 Å². The third kappa shape index (κ3) is 4.81. The Morgan fingerprint density at radius 2 is 1.65 bits per heavy atom. The highest BCUT2D eigenvalue weighted by molar-refractivity contribution is 5.82. The van der Waals surface area contributed by atoms with Crippen LogP contribution in [-0.4, -0.2) is 29.8 Å². The van der Waals surface area contributed by atoms with Gasteiger partial charge in [0.25, 0.3) is 0 Å². The minimum Gasteiger partial charge on any atom is -0.369 e. The van der Waals surface area contributed by atoms with E-state index in [-0.39, 0.29) is 17.6 Å². The molecule has 1 heterocycles. The molecule has 0 radical (unpaired) electrons. The molecule has 2 aromatic carbocycles. The van der Waals surface area contributed by atoms with E-state index < -0.39 is 5.41 Å². The number of primary amides is 1. The number of likely N-dealkylation sites (tertiary alicyclic amines) is 1. The average molecular weight is 423 g/mol. The number of carbonyl (C=O) groups is 2. The number of carbonyl (C=O) groups excluding carboxylic acids is 2. The molecule has 1 aliphatic carbocycles. The highest BCUT2D eigenvalue weighted by Crippen LogP contribution is 2.36. The van der Waals surface area contributed by atoms with E-state index in [0.29, 0.717) is 50.3 Å². The Hall–Kier alpha value is -2.69. The van der Waals surface area contributed by atoms with Crippen molar-refractivity contribution >= 4 is 11.8 Å². The Balaban J connectivity index is 1.41. The monoisotopic (exact) mass is 422 g/mol. The maximum atomic E-state index is 14.1. The molecule has 2 fully saturated rings. The number of nitrogens with two attached hydrogens (primary N) is 1. The second kappa shape index (κ2) is 9.21. The molecule has 2 aliphatic rings. The van der Waals surface area contributed by atoms with Gasteiger partial charge in [0, 0.05) is 25.1 Å². The van der Waals surface area contributed by atoms with Crippen LogP contribution in [0.25, 0.3) is 11.1 Å². The lowest BCUT2D eigenvalue weighted by Crippen LogP contribution is -2.50. The molecule has 0 atom stereocenters. The van der Waals surface area contributed by atoms with E-state index in [2.05, 4.69) is 0 Å². The van der Waals surface area contributed by atoms with Gasteiger partial charge in [0.2, 0.25) is 11.8 Å². The summed E-state index contributed by atoms with van der Waals surface area (Å²) < 4.78 is 14.1. The summed E-state index contributed by atoms with van der Waals surface area (Å²) >= 11 is 0. The maximum Gasteiger partial charge on any atom is 0.224 e. The van der Waals surface area contributed by atoms with Crippen molar-refractivity contribution in [3.8, 4) is 11.1 Å². The summed E-state index contributed by atoms with van der Waals surface area (Å²) in [7, 11) is 0. The van der Waals surface area contributed by atoms with Gasteiger partial charge in [-0.3, -0.25) is 9.59 Å². The minimum absolute atomic E-state index is 0.221. The van der Waals surface area contributed by atoms with E-state index >= 15 is 0 Å². The summed E-state index contributed by atoms with van der Waals surface area (Å²) in [5.74, 6) is 0.203. The molecule has 0 spiro atoms. The van der Waals surface area contributed by atoms with Crippen LogP contribution in [0.4, 0.5) is 4.39 Å². The zero-order valence-electron chi connectivity index (χ0n) is 18.0. The van der Waals surface area contributed by atoms with Gasteiger partial charge in [-0.1, -0.05) is 55.3 Å². The van der Waals surface area contributed by atoms with Gasteiger partial charge in [-0.05, 0) is 55.2 Å². The van der Waals surface area contributed by atoms with Crippen LogP contribution in [0.15, 0.2) is 48.5 Å². The summed E-state index contributed by atoms with van der Waals surface area (Å²) in [4.78, 5) is 27.0. The van der Waals surface area contributed by atoms with Crippen molar-refractivity contribution in [3.63, 3.8) is 0 Å². The second-order valence-electron chi connectivity index (χ2n) is 9.23. The summed E-state index contributed by atoms with van der Waals surface area (Å²) in [6.45, 7) is 1.17.